The molecule has 1 aromatic heterocycles. The summed E-state index contributed by atoms with van der Waals surface area (Å²) >= 11 is 0. The fourth-order valence-electron chi connectivity index (χ4n) is 3.45. The lowest BCUT2D eigenvalue weighted by atomic mass is 9.89. The van der Waals surface area contributed by atoms with Crippen LogP contribution >= 0.6 is 0 Å². The van der Waals surface area contributed by atoms with Crippen molar-refractivity contribution in [3.63, 3.8) is 0 Å². The summed E-state index contributed by atoms with van der Waals surface area (Å²) in [6, 6.07) is 4.82. The van der Waals surface area contributed by atoms with Gasteiger partial charge in [0.25, 0.3) is 10.0 Å². The molecule has 130 valence electrons. The van der Waals surface area contributed by atoms with Crippen LogP contribution in [0.5, 0.6) is 0 Å². The highest BCUT2D eigenvalue weighted by molar-refractivity contribution is 7.89. The minimum absolute atomic E-state index is 0.0913. The number of sulfonamides is 1. The van der Waals surface area contributed by atoms with Gasteiger partial charge in [0.2, 0.25) is 0 Å². The Labute approximate surface area is 140 Å². The number of nitrogens with zero attached hydrogens (tertiary/aromatic N) is 1. The Hall–Kier alpha value is -1.14. The average molecular weight is 340 g/mol. The zero-order chi connectivity index (χ0) is 16.9. The molecule has 1 unspecified atom stereocenters. The molecule has 1 fully saturated rings. The summed E-state index contributed by atoms with van der Waals surface area (Å²) < 4.78 is 22.5. The second-order valence-electron chi connectivity index (χ2n) is 7.46. The van der Waals surface area contributed by atoms with Gasteiger partial charge in [-0.1, -0.05) is 39.2 Å². The third-order valence-electron chi connectivity index (χ3n) is 4.68. The van der Waals surface area contributed by atoms with E-state index in [9.17, 15) is 8.42 Å². The standard InChI is InChI=1S/C17H29N3O2S/c1-17(2)11-10-14(13-17)7-4-3-5-12-19-15-8-6-9-16(20-15)23(18,21)22/h6,8-9,14H,3-5,7,10-13H2,1-2H3,(H,19,20)(H2,18,21,22). The van der Waals surface area contributed by atoms with Crippen LogP contribution in [-0.4, -0.2) is 19.9 Å². The van der Waals surface area contributed by atoms with Crippen molar-refractivity contribution in [1.29, 1.82) is 0 Å². The molecule has 1 aliphatic rings. The number of nitrogens with two attached hydrogens (primary N) is 1. The van der Waals surface area contributed by atoms with Crippen molar-refractivity contribution in [1.82, 2.24) is 4.98 Å². The van der Waals surface area contributed by atoms with Crippen LogP contribution in [0.4, 0.5) is 5.82 Å². The number of anilines is 1. The molecule has 0 radical (unpaired) electrons. The molecule has 23 heavy (non-hydrogen) atoms. The van der Waals surface area contributed by atoms with Gasteiger partial charge in [0, 0.05) is 6.54 Å². The Bertz CT molecular complexity index is 614. The molecule has 0 saturated heterocycles. The molecule has 5 nitrogen and oxygen atoms in total. The van der Waals surface area contributed by atoms with E-state index in [0.717, 1.165) is 18.9 Å². The Morgan fingerprint density at radius 1 is 1.30 bits per heavy atom. The van der Waals surface area contributed by atoms with Crippen LogP contribution in [0.3, 0.4) is 0 Å². The fourth-order valence-corrected chi connectivity index (χ4v) is 3.94. The van der Waals surface area contributed by atoms with Gasteiger partial charge in [0.15, 0.2) is 5.03 Å². The average Bonchev–Trinajstić information content (AvgIpc) is 2.81. The van der Waals surface area contributed by atoms with E-state index in [1.807, 2.05) is 0 Å². The monoisotopic (exact) mass is 339 g/mol. The zero-order valence-electron chi connectivity index (χ0n) is 14.2. The maximum absolute atomic E-state index is 11.3. The molecule has 1 aliphatic carbocycles. The highest BCUT2D eigenvalue weighted by Crippen LogP contribution is 2.42. The molecule has 0 amide bonds. The summed E-state index contributed by atoms with van der Waals surface area (Å²) in [5, 5.41) is 8.16. The van der Waals surface area contributed by atoms with E-state index in [0.29, 0.717) is 11.2 Å². The maximum Gasteiger partial charge on any atom is 0.255 e. The Kier molecular flexibility index (Phi) is 6.03. The van der Waals surface area contributed by atoms with E-state index in [1.165, 1.54) is 44.6 Å². The molecular formula is C17H29N3O2S. The molecule has 1 saturated carbocycles. The van der Waals surface area contributed by atoms with Crippen molar-refractivity contribution >= 4 is 15.8 Å². The van der Waals surface area contributed by atoms with Crippen LogP contribution in [0.2, 0.25) is 0 Å². The Morgan fingerprint density at radius 2 is 2.09 bits per heavy atom. The number of hydrogen-bond donors (Lipinski definition) is 2. The molecule has 0 bridgehead atoms. The molecule has 0 spiro atoms. The van der Waals surface area contributed by atoms with Gasteiger partial charge in [-0.25, -0.2) is 18.5 Å². The predicted molar refractivity (Wildman–Crippen MR) is 93.7 cm³/mol. The zero-order valence-corrected chi connectivity index (χ0v) is 15.0. The van der Waals surface area contributed by atoms with Crippen molar-refractivity contribution in [2.45, 2.75) is 63.8 Å². The van der Waals surface area contributed by atoms with Crippen molar-refractivity contribution in [2.75, 3.05) is 11.9 Å². The SMILES string of the molecule is CC1(C)CCC(CCCCCNc2cccc(S(N)(=O)=O)n2)C1. The quantitative estimate of drug-likeness (QED) is 0.710. The molecule has 0 aromatic carbocycles. The number of rotatable bonds is 8. The molecule has 6 heteroatoms. The maximum atomic E-state index is 11.3. The molecular weight excluding hydrogens is 310 g/mol. The number of hydrogen-bond acceptors (Lipinski definition) is 4. The van der Waals surface area contributed by atoms with Gasteiger partial charge in [-0.05, 0) is 49.1 Å². The number of pyridine rings is 1. The van der Waals surface area contributed by atoms with E-state index < -0.39 is 10.0 Å². The summed E-state index contributed by atoms with van der Waals surface area (Å²) in [6.45, 7) is 5.55. The van der Waals surface area contributed by atoms with Gasteiger partial charge in [-0.3, -0.25) is 0 Å². The van der Waals surface area contributed by atoms with Crippen molar-refractivity contribution in [3.05, 3.63) is 18.2 Å². The largest absolute Gasteiger partial charge is 0.370 e. The minimum Gasteiger partial charge on any atom is -0.370 e. The lowest BCUT2D eigenvalue weighted by molar-refractivity contribution is 0.350. The van der Waals surface area contributed by atoms with Gasteiger partial charge in [-0.15, -0.1) is 0 Å². The fraction of sp³-hybridized carbons (Fsp3) is 0.706. The lowest BCUT2D eigenvalue weighted by Crippen LogP contribution is -2.15. The van der Waals surface area contributed by atoms with Gasteiger partial charge in [-0.2, -0.15) is 0 Å². The highest BCUT2D eigenvalue weighted by atomic mass is 32.2. The van der Waals surface area contributed by atoms with E-state index in [-0.39, 0.29) is 5.03 Å². The molecule has 0 aliphatic heterocycles. The summed E-state index contributed by atoms with van der Waals surface area (Å²) in [6.07, 6.45) is 8.99. The van der Waals surface area contributed by atoms with Gasteiger partial charge < -0.3 is 5.32 Å². The first-order chi connectivity index (χ1) is 10.8. The summed E-state index contributed by atoms with van der Waals surface area (Å²) in [5.41, 5.74) is 0.548. The summed E-state index contributed by atoms with van der Waals surface area (Å²) in [7, 11) is -3.73. The Balaban J connectivity index is 1.63. The third kappa shape index (κ3) is 6.11. The van der Waals surface area contributed by atoms with Gasteiger partial charge >= 0.3 is 0 Å². The lowest BCUT2D eigenvalue weighted by Gasteiger charge is -2.17. The molecule has 1 heterocycles. The van der Waals surface area contributed by atoms with Crippen LogP contribution in [0.1, 0.15) is 58.8 Å². The van der Waals surface area contributed by atoms with Gasteiger partial charge in [0.1, 0.15) is 5.82 Å². The van der Waals surface area contributed by atoms with Crippen molar-refractivity contribution < 1.29 is 8.42 Å². The topological polar surface area (TPSA) is 85.1 Å². The summed E-state index contributed by atoms with van der Waals surface area (Å²) in [4.78, 5) is 4.02. The normalized spacial score (nSPS) is 20.6. The molecule has 2 rings (SSSR count). The van der Waals surface area contributed by atoms with E-state index in [2.05, 4.69) is 24.1 Å². The number of unbranched alkanes of at least 4 members (excludes halogenated alkanes) is 2. The second-order valence-corrected chi connectivity index (χ2v) is 8.96. The first kappa shape index (κ1) is 18.2. The number of primary sulfonamides is 1. The highest BCUT2D eigenvalue weighted by Gasteiger charge is 2.30. The number of aromatic nitrogens is 1. The van der Waals surface area contributed by atoms with Crippen LogP contribution in [0.25, 0.3) is 0 Å². The van der Waals surface area contributed by atoms with Crippen LogP contribution in [-0.2, 0) is 10.0 Å². The Morgan fingerprint density at radius 3 is 2.74 bits per heavy atom. The van der Waals surface area contributed by atoms with Crippen molar-refractivity contribution in [2.24, 2.45) is 16.5 Å². The van der Waals surface area contributed by atoms with Gasteiger partial charge in [0.05, 0.1) is 0 Å². The molecule has 1 aromatic rings. The first-order valence-electron chi connectivity index (χ1n) is 8.50. The van der Waals surface area contributed by atoms with E-state index in [1.54, 1.807) is 12.1 Å². The molecule has 3 N–H and O–H groups in total. The number of nitrogens with one attached hydrogen (secondary N) is 1. The summed E-state index contributed by atoms with van der Waals surface area (Å²) in [5.74, 6) is 1.47. The van der Waals surface area contributed by atoms with E-state index >= 15 is 0 Å². The molecule has 1 atom stereocenters. The predicted octanol–water partition coefficient (Wildman–Crippen LogP) is 3.53. The van der Waals surface area contributed by atoms with Crippen molar-refractivity contribution in [3.8, 4) is 0 Å². The third-order valence-corrected chi connectivity index (χ3v) is 5.49. The minimum atomic E-state index is -3.73. The smallest absolute Gasteiger partial charge is 0.255 e. The first-order valence-corrected chi connectivity index (χ1v) is 10.0. The van der Waals surface area contributed by atoms with Crippen LogP contribution in [0.15, 0.2) is 23.2 Å². The van der Waals surface area contributed by atoms with E-state index in [4.69, 9.17) is 5.14 Å². The van der Waals surface area contributed by atoms with Crippen LogP contribution in [0, 0.1) is 11.3 Å². The van der Waals surface area contributed by atoms with Crippen LogP contribution < -0.4 is 10.5 Å². The second kappa shape index (κ2) is 7.62.